The minimum Gasteiger partial charge on any atom is -0.377 e. The first kappa shape index (κ1) is 16.3. The highest BCUT2D eigenvalue weighted by molar-refractivity contribution is 5.10. The summed E-state index contributed by atoms with van der Waals surface area (Å²) in [6, 6.07) is 1.88. The lowest BCUT2D eigenvalue weighted by Gasteiger charge is -2.60. The van der Waals surface area contributed by atoms with Gasteiger partial charge in [0.2, 0.25) is 0 Å². The fourth-order valence-corrected chi connectivity index (χ4v) is 4.40. The van der Waals surface area contributed by atoms with Crippen molar-refractivity contribution >= 4 is 0 Å². The average Bonchev–Trinajstić information content (AvgIpc) is 2.37. The number of rotatable bonds is 6. The number of ether oxygens (including phenoxy) is 1. The van der Waals surface area contributed by atoms with E-state index in [2.05, 4.69) is 51.8 Å². The molecule has 1 N–H and O–H groups in total. The molecule has 3 heteroatoms. The van der Waals surface area contributed by atoms with Crippen LogP contribution in [0, 0.1) is 11.3 Å². The standard InChI is InChI=1S/C17H34N2O/c1-12(2)19(13(3)4)10-9-18-15-14-8-7-11-20-16(14)17(15,5)6/h12-16,18H,7-11H2,1-6H3. The summed E-state index contributed by atoms with van der Waals surface area (Å²) in [5.74, 6) is 0.741. The second-order valence-electron chi connectivity index (χ2n) is 7.78. The molecule has 0 spiro atoms. The Morgan fingerprint density at radius 2 is 1.85 bits per heavy atom. The zero-order valence-corrected chi connectivity index (χ0v) is 14.3. The lowest BCUT2D eigenvalue weighted by atomic mass is 9.55. The van der Waals surface area contributed by atoms with E-state index >= 15 is 0 Å². The van der Waals surface area contributed by atoms with Crippen LogP contribution in [0.4, 0.5) is 0 Å². The molecule has 3 nitrogen and oxygen atoms in total. The molecule has 3 unspecified atom stereocenters. The lowest BCUT2D eigenvalue weighted by molar-refractivity contribution is -0.192. The minimum atomic E-state index is 0.297. The fourth-order valence-electron chi connectivity index (χ4n) is 4.40. The Bertz CT molecular complexity index is 306. The zero-order valence-electron chi connectivity index (χ0n) is 14.3. The quantitative estimate of drug-likeness (QED) is 0.811. The zero-order chi connectivity index (χ0) is 14.9. The van der Waals surface area contributed by atoms with Gasteiger partial charge < -0.3 is 10.1 Å². The molecule has 2 rings (SSSR count). The fraction of sp³-hybridized carbons (Fsp3) is 1.00. The third kappa shape index (κ3) is 3.05. The second-order valence-corrected chi connectivity index (χ2v) is 7.78. The number of hydrogen-bond acceptors (Lipinski definition) is 3. The molecule has 2 aliphatic rings. The van der Waals surface area contributed by atoms with Gasteiger partial charge in [0.1, 0.15) is 0 Å². The summed E-state index contributed by atoms with van der Waals surface area (Å²) in [7, 11) is 0. The highest BCUT2D eigenvalue weighted by Gasteiger charge is 2.57. The number of hydrogen-bond donors (Lipinski definition) is 1. The van der Waals surface area contributed by atoms with Crippen LogP contribution in [0.25, 0.3) is 0 Å². The highest BCUT2D eigenvalue weighted by Crippen LogP contribution is 2.51. The maximum atomic E-state index is 5.98. The van der Waals surface area contributed by atoms with E-state index in [9.17, 15) is 0 Å². The molecule has 0 aromatic carbocycles. The first-order valence-corrected chi connectivity index (χ1v) is 8.46. The first-order chi connectivity index (χ1) is 9.35. The van der Waals surface area contributed by atoms with Gasteiger partial charge in [-0.25, -0.2) is 0 Å². The number of nitrogens with zero attached hydrogens (tertiary/aromatic N) is 1. The summed E-state index contributed by atoms with van der Waals surface area (Å²) >= 11 is 0. The van der Waals surface area contributed by atoms with Crippen molar-refractivity contribution in [3.63, 3.8) is 0 Å². The maximum Gasteiger partial charge on any atom is 0.0684 e. The summed E-state index contributed by atoms with van der Waals surface area (Å²) in [5, 5.41) is 3.83. The molecule has 0 radical (unpaired) electrons. The minimum absolute atomic E-state index is 0.297. The summed E-state index contributed by atoms with van der Waals surface area (Å²) < 4.78 is 5.98. The number of fused-ring (bicyclic) bond motifs is 1. The Morgan fingerprint density at radius 3 is 2.45 bits per heavy atom. The molecule has 1 aliphatic heterocycles. The van der Waals surface area contributed by atoms with Crippen LogP contribution in [0.1, 0.15) is 54.4 Å². The van der Waals surface area contributed by atoms with E-state index in [1.165, 1.54) is 12.8 Å². The maximum absolute atomic E-state index is 5.98. The second kappa shape index (κ2) is 6.33. The van der Waals surface area contributed by atoms with E-state index in [1.807, 2.05) is 0 Å². The molecule has 3 atom stereocenters. The SMILES string of the molecule is CC(C)N(CCNC1C2CCCOC2C1(C)C)C(C)C. The van der Waals surface area contributed by atoms with Crippen LogP contribution in [-0.2, 0) is 4.74 Å². The molecule has 0 amide bonds. The Labute approximate surface area is 125 Å². The molecule has 2 fully saturated rings. The summed E-state index contributed by atoms with van der Waals surface area (Å²) in [4.78, 5) is 2.56. The van der Waals surface area contributed by atoms with Gasteiger partial charge in [-0.1, -0.05) is 13.8 Å². The Hall–Kier alpha value is -0.120. The van der Waals surface area contributed by atoms with Crippen molar-refractivity contribution in [2.45, 2.75) is 78.6 Å². The van der Waals surface area contributed by atoms with Gasteiger partial charge >= 0.3 is 0 Å². The molecule has 1 heterocycles. The summed E-state index contributed by atoms with van der Waals surface area (Å²) in [5.41, 5.74) is 0.297. The van der Waals surface area contributed by atoms with Gasteiger partial charge in [-0.05, 0) is 40.5 Å². The molecule has 1 aliphatic carbocycles. The Kier molecular flexibility index (Phi) is 5.14. The highest BCUT2D eigenvalue weighted by atomic mass is 16.5. The van der Waals surface area contributed by atoms with Crippen LogP contribution in [0.5, 0.6) is 0 Å². The molecular weight excluding hydrogens is 248 g/mol. The van der Waals surface area contributed by atoms with Crippen LogP contribution in [0.15, 0.2) is 0 Å². The topological polar surface area (TPSA) is 24.5 Å². The van der Waals surface area contributed by atoms with Gasteiger partial charge in [0, 0.05) is 49.2 Å². The molecule has 0 aromatic heterocycles. The van der Waals surface area contributed by atoms with Crippen molar-refractivity contribution in [3.8, 4) is 0 Å². The molecule has 118 valence electrons. The van der Waals surface area contributed by atoms with Crippen LogP contribution >= 0.6 is 0 Å². The van der Waals surface area contributed by atoms with Gasteiger partial charge in [-0.3, -0.25) is 4.90 Å². The van der Waals surface area contributed by atoms with Crippen molar-refractivity contribution in [3.05, 3.63) is 0 Å². The third-order valence-corrected chi connectivity index (χ3v) is 5.39. The Morgan fingerprint density at radius 1 is 1.20 bits per heavy atom. The number of nitrogens with one attached hydrogen (secondary N) is 1. The van der Waals surface area contributed by atoms with Crippen molar-refractivity contribution in [1.29, 1.82) is 0 Å². The van der Waals surface area contributed by atoms with Crippen molar-refractivity contribution < 1.29 is 4.74 Å². The third-order valence-electron chi connectivity index (χ3n) is 5.39. The molecule has 0 bridgehead atoms. The van der Waals surface area contributed by atoms with Crippen LogP contribution in [0.3, 0.4) is 0 Å². The van der Waals surface area contributed by atoms with Gasteiger partial charge in [0.25, 0.3) is 0 Å². The Balaban J connectivity index is 1.82. The molecule has 20 heavy (non-hydrogen) atoms. The van der Waals surface area contributed by atoms with Gasteiger partial charge in [0.05, 0.1) is 6.10 Å². The lowest BCUT2D eigenvalue weighted by Crippen LogP contribution is -2.69. The van der Waals surface area contributed by atoms with E-state index in [-0.39, 0.29) is 0 Å². The summed E-state index contributed by atoms with van der Waals surface area (Å²) in [6.45, 7) is 17.1. The molecule has 1 saturated heterocycles. The first-order valence-electron chi connectivity index (χ1n) is 8.46. The van der Waals surface area contributed by atoms with E-state index in [1.54, 1.807) is 0 Å². The van der Waals surface area contributed by atoms with E-state index in [0.717, 1.165) is 25.6 Å². The summed E-state index contributed by atoms with van der Waals surface area (Å²) in [6.07, 6.45) is 3.06. The van der Waals surface area contributed by atoms with E-state index in [4.69, 9.17) is 4.74 Å². The van der Waals surface area contributed by atoms with Crippen molar-refractivity contribution in [2.75, 3.05) is 19.7 Å². The van der Waals surface area contributed by atoms with E-state index < -0.39 is 0 Å². The van der Waals surface area contributed by atoms with E-state index in [0.29, 0.717) is 29.6 Å². The molecule has 1 saturated carbocycles. The van der Waals surface area contributed by atoms with Gasteiger partial charge in [-0.2, -0.15) is 0 Å². The van der Waals surface area contributed by atoms with Crippen LogP contribution < -0.4 is 5.32 Å². The smallest absolute Gasteiger partial charge is 0.0684 e. The van der Waals surface area contributed by atoms with Crippen molar-refractivity contribution in [2.24, 2.45) is 11.3 Å². The molecule has 0 aromatic rings. The van der Waals surface area contributed by atoms with Crippen LogP contribution in [-0.4, -0.2) is 48.8 Å². The van der Waals surface area contributed by atoms with Gasteiger partial charge in [-0.15, -0.1) is 0 Å². The van der Waals surface area contributed by atoms with Gasteiger partial charge in [0.15, 0.2) is 0 Å². The van der Waals surface area contributed by atoms with Crippen LogP contribution in [0.2, 0.25) is 0 Å². The van der Waals surface area contributed by atoms with Crippen molar-refractivity contribution in [1.82, 2.24) is 10.2 Å². The molecular formula is C17H34N2O. The predicted octanol–water partition coefficient (Wildman–Crippen LogP) is 2.90. The monoisotopic (exact) mass is 282 g/mol. The predicted molar refractivity (Wildman–Crippen MR) is 85.0 cm³/mol. The normalized spacial score (nSPS) is 32.5. The largest absolute Gasteiger partial charge is 0.377 e. The average molecular weight is 282 g/mol.